The van der Waals surface area contributed by atoms with Crippen LogP contribution in [0.4, 0.5) is 0 Å². The Morgan fingerprint density at radius 3 is 2.78 bits per heavy atom. The molecule has 18 heavy (non-hydrogen) atoms. The molecule has 0 saturated heterocycles. The molecule has 1 aromatic heterocycles. The number of hydrogen-bond donors (Lipinski definition) is 1. The Morgan fingerprint density at radius 1 is 1.50 bits per heavy atom. The summed E-state index contributed by atoms with van der Waals surface area (Å²) in [5, 5.41) is 3.15. The number of amides is 1. The lowest BCUT2D eigenvalue weighted by Gasteiger charge is -2.27. The SMILES string of the molecule is Cc1ncn(C)c1C(=O)N[C@@H]1CCC[C@H]1N(C)C. The van der Waals surface area contributed by atoms with Crippen LogP contribution in [0.5, 0.6) is 0 Å². The summed E-state index contributed by atoms with van der Waals surface area (Å²) in [7, 11) is 6.00. The summed E-state index contributed by atoms with van der Waals surface area (Å²) in [6.45, 7) is 1.87. The monoisotopic (exact) mass is 250 g/mol. The highest BCUT2D eigenvalue weighted by atomic mass is 16.2. The fourth-order valence-corrected chi connectivity index (χ4v) is 2.84. The molecule has 1 amide bonds. The van der Waals surface area contributed by atoms with Crippen molar-refractivity contribution in [2.75, 3.05) is 14.1 Å². The highest BCUT2D eigenvalue weighted by Crippen LogP contribution is 2.23. The molecule has 5 nitrogen and oxygen atoms in total. The molecule has 100 valence electrons. The van der Waals surface area contributed by atoms with Crippen LogP contribution in [0, 0.1) is 6.92 Å². The largest absolute Gasteiger partial charge is 0.346 e. The van der Waals surface area contributed by atoms with E-state index in [1.807, 2.05) is 14.0 Å². The maximum Gasteiger partial charge on any atom is 0.270 e. The molecule has 2 atom stereocenters. The van der Waals surface area contributed by atoms with Gasteiger partial charge in [-0.2, -0.15) is 0 Å². The first kappa shape index (κ1) is 13.1. The summed E-state index contributed by atoms with van der Waals surface area (Å²) in [5.41, 5.74) is 1.45. The average Bonchev–Trinajstić information content (AvgIpc) is 2.86. The van der Waals surface area contributed by atoms with Gasteiger partial charge in [0.05, 0.1) is 12.0 Å². The van der Waals surface area contributed by atoms with Gasteiger partial charge in [-0.25, -0.2) is 4.98 Å². The van der Waals surface area contributed by atoms with Crippen LogP contribution < -0.4 is 5.32 Å². The van der Waals surface area contributed by atoms with Gasteiger partial charge in [0, 0.05) is 19.1 Å². The van der Waals surface area contributed by atoms with Crippen molar-refractivity contribution in [2.24, 2.45) is 7.05 Å². The topological polar surface area (TPSA) is 50.2 Å². The van der Waals surface area contributed by atoms with Gasteiger partial charge in [-0.15, -0.1) is 0 Å². The number of likely N-dealkylation sites (N-methyl/N-ethyl adjacent to an activating group) is 1. The van der Waals surface area contributed by atoms with E-state index in [4.69, 9.17) is 0 Å². The Hall–Kier alpha value is -1.36. The minimum Gasteiger partial charge on any atom is -0.346 e. The van der Waals surface area contributed by atoms with E-state index >= 15 is 0 Å². The molecule has 1 aliphatic carbocycles. The Kier molecular flexibility index (Phi) is 3.71. The zero-order valence-corrected chi connectivity index (χ0v) is 11.6. The molecule has 2 rings (SSSR count). The van der Waals surface area contributed by atoms with E-state index in [0.29, 0.717) is 11.7 Å². The van der Waals surface area contributed by atoms with Gasteiger partial charge in [0.25, 0.3) is 5.91 Å². The number of nitrogens with zero attached hydrogens (tertiary/aromatic N) is 3. The predicted octanol–water partition coefficient (Wildman–Crippen LogP) is 0.941. The number of aromatic nitrogens is 2. The molecule has 1 aliphatic rings. The average molecular weight is 250 g/mol. The third-order valence-corrected chi connectivity index (χ3v) is 3.79. The van der Waals surface area contributed by atoms with Gasteiger partial charge in [0.2, 0.25) is 0 Å². The van der Waals surface area contributed by atoms with Gasteiger partial charge in [-0.1, -0.05) is 0 Å². The maximum absolute atomic E-state index is 12.3. The van der Waals surface area contributed by atoms with Crippen LogP contribution >= 0.6 is 0 Å². The fraction of sp³-hybridized carbons (Fsp3) is 0.692. The molecule has 1 saturated carbocycles. The standard InChI is InChI=1S/C13H22N4O/c1-9-12(17(4)8-14-9)13(18)15-10-6-5-7-11(10)16(2)3/h8,10-11H,5-7H2,1-4H3,(H,15,18)/t10-,11-/m1/s1. The van der Waals surface area contributed by atoms with Crippen molar-refractivity contribution < 1.29 is 4.79 Å². The van der Waals surface area contributed by atoms with Gasteiger partial charge in [0.1, 0.15) is 5.69 Å². The van der Waals surface area contributed by atoms with E-state index in [-0.39, 0.29) is 11.9 Å². The zero-order valence-electron chi connectivity index (χ0n) is 11.6. The summed E-state index contributed by atoms with van der Waals surface area (Å²) in [6.07, 6.45) is 5.08. The second-order valence-electron chi connectivity index (χ2n) is 5.33. The van der Waals surface area contributed by atoms with E-state index in [1.54, 1.807) is 10.9 Å². The van der Waals surface area contributed by atoms with Crippen LogP contribution in [0.15, 0.2) is 6.33 Å². The van der Waals surface area contributed by atoms with Crippen molar-refractivity contribution in [3.8, 4) is 0 Å². The van der Waals surface area contributed by atoms with Crippen LogP contribution in [0.2, 0.25) is 0 Å². The molecule has 1 aromatic rings. The molecule has 0 spiro atoms. The predicted molar refractivity (Wildman–Crippen MR) is 70.5 cm³/mol. The van der Waals surface area contributed by atoms with E-state index in [2.05, 4.69) is 29.3 Å². The van der Waals surface area contributed by atoms with Gasteiger partial charge >= 0.3 is 0 Å². The van der Waals surface area contributed by atoms with Crippen LogP contribution in [0.25, 0.3) is 0 Å². The number of carbonyl (C=O) groups is 1. The van der Waals surface area contributed by atoms with Crippen LogP contribution in [-0.2, 0) is 7.05 Å². The van der Waals surface area contributed by atoms with Gasteiger partial charge in [-0.3, -0.25) is 4.79 Å². The van der Waals surface area contributed by atoms with Crippen molar-refractivity contribution >= 4 is 5.91 Å². The Bertz CT molecular complexity index is 419. The van der Waals surface area contributed by atoms with E-state index < -0.39 is 0 Å². The summed E-state index contributed by atoms with van der Waals surface area (Å²) in [4.78, 5) is 18.6. The van der Waals surface area contributed by atoms with Crippen LogP contribution in [0.1, 0.15) is 35.4 Å². The number of imidazole rings is 1. The highest BCUT2D eigenvalue weighted by molar-refractivity contribution is 5.93. The first-order chi connectivity index (χ1) is 8.50. The number of carbonyl (C=O) groups excluding carboxylic acids is 1. The smallest absolute Gasteiger partial charge is 0.270 e. The maximum atomic E-state index is 12.3. The first-order valence-electron chi connectivity index (χ1n) is 6.46. The molecule has 1 fully saturated rings. The van der Waals surface area contributed by atoms with Crippen molar-refractivity contribution in [2.45, 2.75) is 38.3 Å². The van der Waals surface area contributed by atoms with E-state index in [1.165, 1.54) is 6.42 Å². The molecule has 0 aromatic carbocycles. The summed E-state index contributed by atoms with van der Waals surface area (Å²) < 4.78 is 1.78. The lowest BCUT2D eigenvalue weighted by Crippen LogP contribution is -2.46. The first-order valence-corrected chi connectivity index (χ1v) is 6.46. The fourth-order valence-electron chi connectivity index (χ4n) is 2.84. The second kappa shape index (κ2) is 5.10. The summed E-state index contributed by atoms with van der Waals surface area (Å²) >= 11 is 0. The number of rotatable bonds is 3. The zero-order chi connectivity index (χ0) is 13.3. The molecule has 0 radical (unpaired) electrons. The highest BCUT2D eigenvalue weighted by Gasteiger charge is 2.31. The Morgan fingerprint density at radius 2 is 2.22 bits per heavy atom. The van der Waals surface area contributed by atoms with Crippen molar-refractivity contribution in [3.05, 3.63) is 17.7 Å². The molecule has 0 bridgehead atoms. The van der Waals surface area contributed by atoms with E-state index in [9.17, 15) is 4.79 Å². The minimum absolute atomic E-state index is 0.00810. The van der Waals surface area contributed by atoms with Crippen molar-refractivity contribution in [3.63, 3.8) is 0 Å². The van der Waals surface area contributed by atoms with Crippen molar-refractivity contribution in [1.29, 1.82) is 0 Å². The normalized spacial score (nSPS) is 23.6. The molecular weight excluding hydrogens is 228 g/mol. The summed E-state index contributed by atoms with van der Waals surface area (Å²) in [6, 6.07) is 0.698. The Balaban J connectivity index is 2.08. The lowest BCUT2D eigenvalue weighted by molar-refractivity contribution is 0.0910. The third kappa shape index (κ3) is 2.41. The quantitative estimate of drug-likeness (QED) is 0.868. The Labute approximate surface area is 108 Å². The van der Waals surface area contributed by atoms with Gasteiger partial charge < -0.3 is 14.8 Å². The number of aryl methyl sites for hydroxylation is 2. The lowest BCUT2D eigenvalue weighted by atomic mass is 10.1. The molecule has 0 aliphatic heterocycles. The van der Waals surface area contributed by atoms with Gasteiger partial charge in [-0.05, 0) is 40.3 Å². The molecule has 5 heteroatoms. The second-order valence-corrected chi connectivity index (χ2v) is 5.33. The summed E-state index contributed by atoms with van der Waals surface area (Å²) in [5.74, 6) is -0.00810. The molecule has 1 heterocycles. The molecular formula is C13H22N4O. The number of hydrogen-bond acceptors (Lipinski definition) is 3. The van der Waals surface area contributed by atoms with Crippen LogP contribution in [-0.4, -0.2) is 46.5 Å². The van der Waals surface area contributed by atoms with E-state index in [0.717, 1.165) is 18.5 Å². The minimum atomic E-state index is -0.00810. The third-order valence-electron chi connectivity index (χ3n) is 3.79. The number of nitrogens with one attached hydrogen (secondary N) is 1. The van der Waals surface area contributed by atoms with Gasteiger partial charge in [0.15, 0.2) is 0 Å². The van der Waals surface area contributed by atoms with Crippen molar-refractivity contribution in [1.82, 2.24) is 19.8 Å². The molecule has 1 N–H and O–H groups in total. The van der Waals surface area contributed by atoms with Crippen LogP contribution in [0.3, 0.4) is 0 Å². The molecule has 0 unspecified atom stereocenters.